The van der Waals surface area contributed by atoms with Crippen LogP contribution < -0.4 is 5.32 Å². The molecule has 1 N–H and O–H groups in total. The molecular formula is C21H23F3N2O. The summed E-state index contributed by atoms with van der Waals surface area (Å²) in [6.07, 6.45) is -3.89. The second-order valence-electron chi connectivity index (χ2n) is 7.07. The van der Waals surface area contributed by atoms with Gasteiger partial charge in [0.05, 0.1) is 11.6 Å². The van der Waals surface area contributed by atoms with Gasteiger partial charge in [-0.3, -0.25) is 9.69 Å². The average molecular weight is 376 g/mol. The van der Waals surface area contributed by atoms with Gasteiger partial charge in [-0.2, -0.15) is 13.2 Å². The first-order valence-corrected chi connectivity index (χ1v) is 9.00. The van der Waals surface area contributed by atoms with Crippen LogP contribution in [0.2, 0.25) is 0 Å². The van der Waals surface area contributed by atoms with Crippen molar-refractivity contribution in [3.05, 3.63) is 70.3 Å². The van der Waals surface area contributed by atoms with E-state index in [0.29, 0.717) is 31.6 Å². The number of carbonyl (C=O) groups is 1. The van der Waals surface area contributed by atoms with E-state index in [4.69, 9.17) is 0 Å². The van der Waals surface area contributed by atoms with Crippen molar-refractivity contribution < 1.29 is 18.0 Å². The van der Waals surface area contributed by atoms with Crippen LogP contribution in [0.25, 0.3) is 0 Å². The van der Waals surface area contributed by atoms with E-state index >= 15 is 0 Å². The Labute approximate surface area is 157 Å². The lowest BCUT2D eigenvalue weighted by Gasteiger charge is -2.30. The number of alkyl halides is 3. The molecule has 0 saturated carbocycles. The number of amides is 1. The van der Waals surface area contributed by atoms with Crippen LogP contribution in [-0.4, -0.2) is 17.4 Å². The smallest absolute Gasteiger partial charge is 0.350 e. The molecule has 2 aromatic carbocycles. The van der Waals surface area contributed by atoms with E-state index in [1.807, 2.05) is 31.2 Å². The number of carbonyl (C=O) groups excluding carboxylic acids is 1. The maximum atomic E-state index is 13.2. The number of nitrogens with one attached hydrogen (secondary N) is 1. The van der Waals surface area contributed by atoms with Crippen LogP contribution in [0.4, 0.5) is 13.2 Å². The fourth-order valence-electron chi connectivity index (χ4n) is 3.63. The predicted octanol–water partition coefficient (Wildman–Crippen LogP) is 4.46. The summed E-state index contributed by atoms with van der Waals surface area (Å²) in [6, 6.07) is 12.4. The first kappa shape index (κ1) is 19.4. The van der Waals surface area contributed by atoms with Crippen LogP contribution in [-0.2, 0) is 30.5 Å². The van der Waals surface area contributed by atoms with Gasteiger partial charge >= 0.3 is 6.18 Å². The molecular weight excluding hydrogens is 353 g/mol. The molecule has 0 aromatic heterocycles. The molecule has 0 radical (unpaired) electrons. The van der Waals surface area contributed by atoms with Crippen molar-refractivity contribution >= 4 is 5.91 Å². The molecule has 2 aromatic rings. The zero-order valence-corrected chi connectivity index (χ0v) is 15.4. The molecule has 1 atom stereocenters. The molecule has 1 amide bonds. The molecule has 1 heterocycles. The Morgan fingerprint density at radius 1 is 1.19 bits per heavy atom. The van der Waals surface area contributed by atoms with Gasteiger partial charge in [0.1, 0.15) is 0 Å². The van der Waals surface area contributed by atoms with Crippen LogP contribution in [0.15, 0.2) is 42.5 Å². The molecule has 0 aliphatic carbocycles. The highest BCUT2D eigenvalue weighted by molar-refractivity contribution is 5.73. The van der Waals surface area contributed by atoms with Crippen molar-refractivity contribution in [1.29, 1.82) is 0 Å². The van der Waals surface area contributed by atoms with Crippen molar-refractivity contribution in [1.82, 2.24) is 10.2 Å². The third-order valence-electron chi connectivity index (χ3n) is 4.96. The Morgan fingerprint density at radius 3 is 2.52 bits per heavy atom. The molecule has 0 spiro atoms. The molecule has 0 saturated heterocycles. The summed E-state index contributed by atoms with van der Waals surface area (Å²) >= 11 is 0. The lowest BCUT2D eigenvalue weighted by atomic mass is 9.94. The lowest BCUT2D eigenvalue weighted by molar-refractivity contribution is -0.138. The first-order valence-electron chi connectivity index (χ1n) is 9.00. The Morgan fingerprint density at radius 2 is 1.89 bits per heavy atom. The van der Waals surface area contributed by atoms with E-state index in [1.54, 1.807) is 6.07 Å². The fraction of sp³-hybridized carbons (Fsp3) is 0.381. The largest absolute Gasteiger partial charge is 0.416 e. The van der Waals surface area contributed by atoms with Crippen molar-refractivity contribution in [2.75, 3.05) is 6.54 Å². The standard InChI is InChI=1S/C21H23F3N2O/c1-14(25-15(2)27)17-8-6-16(7-9-17)12-26-11-10-19-18(13-26)4-3-5-20(19)21(22,23)24/h3-9,14H,10-13H2,1-2H3,(H,25,27)/t14-/m0/s1. The summed E-state index contributed by atoms with van der Waals surface area (Å²) in [5, 5.41) is 2.85. The van der Waals surface area contributed by atoms with E-state index in [2.05, 4.69) is 10.2 Å². The Hall–Kier alpha value is -2.34. The number of benzene rings is 2. The SMILES string of the molecule is CC(=O)N[C@@H](C)c1ccc(CN2CCc3c(cccc3C(F)(F)F)C2)cc1. The topological polar surface area (TPSA) is 32.3 Å². The summed E-state index contributed by atoms with van der Waals surface area (Å²) in [7, 11) is 0. The third-order valence-corrected chi connectivity index (χ3v) is 4.96. The highest BCUT2D eigenvalue weighted by atomic mass is 19.4. The van der Waals surface area contributed by atoms with Gasteiger partial charge in [-0.1, -0.05) is 36.4 Å². The summed E-state index contributed by atoms with van der Waals surface area (Å²) in [5.74, 6) is -0.0724. The van der Waals surface area contributed by atoms with Crippen molar-refractivity contribution in [2.45, 2.75) is 45.6 Å². The van der Waals surface area contributed by atoms with E-state index < -0.39 is 11.7 Å². The molecule has 27 heavy (non-hydrogen) atoms. The Kier molecular flexibility index (Phi) is 5.56. The van der Waals surface area contributed by atoms with Crippen molar-refractivity contribution in [3.63, 3.8) is 0 Å². The van der Waals surface area contributed by atoms with Gasteiger partial charge in [-0.05, 0) is 41.7 Å². The Balaban J connectivity index is 1.68. The highest BCUT2D eigenvalue weighted by Gasteiger charge is 2.35. The molecule has 0 bridgehead atoms. The predicted molar refractivity (Wildman–Crippen MR) is 97.9 cm³/mol. The molecule has 1 aliphatic rings. The zero-order valence-electron chi connectivity index (χ0n) is 15.4. The van der Waals surface area contributed by atoms with Crippen LogP contribution in [0.1, 0.15) is 47.7 Å². The van der Waals surface area contributed by atoms with Crippen LogP contribution in [0.5, 0.6) is 0 Å². The number of hydrogen-bond donors (Lipinski definition) is 1. The molecule has 1 aliphatic heterocycles. The first-order chi connectivity index (χ1) is 12.7. The van der Waals surface area contributed by atoms with E-state index in [1.165, 1.54) is 19.1 Å². The second-order valence-corrected chi connectivity index (χ2v) is 7.07. The minimum absolute atomic E-state index is 0.0563. The van der Waals surface area contributed by atoms with Crippen LogP contribution in [0, 0.1) is 0 Å². The molecule has 144 valence electrons. The summed E-state index contributed by atoms with van der Waals surface area (Å²) < 4.78 is 39.5. The molecule has 6 heteroatoms. The number of hydrogen-bond acceptors (Lipinski definition) is 2. The molecule has 0 fully saturated rings. The normalized spacial score (nSPS) is 15.9. The van der Waals surface area contributed by atoms with Crippen molar-refractivity contribution in [3.8, 4) is 0 Å². The molecule has 3 rings (SSSR count). The number of halogens is 3. The minimum atomic E-state index is -4.30. The van der Waals surface area contributed by atoms with E-state index in [9.17, 15) is 18.0 Å². The van der Waals surface area contributed by atoms with E-state index in [0.717, 1.165) is 16.7 Å². The van der Waals surface area contributed by atoms with Crippen LogP contribution >= 0.6 is 0 Å². The number of rotatable bonds is 4. The molecule has 3 nitrogen and oxygen atoms in total. The van der Waals surface area contributed by atoms with Gasteiger partial charge in [0, 0.05) is 26.6 Å². The lowest BCUT2D eigenvalue weighted by Crippen LogP contribution is -2.31. The number of fused-ring (bicyclic) bond motifs is 1. The minimum Gasteiger partial charge on any atom is -0.350 e. The average Bonchev–Trinajstić information content (AvgIpc) is 2.60. The second kappa shape index (κ2) is 7.72. The summed E-state index contributed by atoms with van der Waals surface area (Å²) in [4.78, 5) is 13.3. The number of nitrogens with zero attached hydrogens (tertiary/aromatic N) is 1. The zero-order chi connectivity index (χ0) is 19.6. The van der Waals surface area contributed by atoms with Crippen molar-refractivity contribution in [2.24, 2.45) is 0 Å². The van der Waals surface area contributed by atoms with Gasteiger partial charge in [0.15, 0.2) is 0 Å². The maximum Gasteiger partial charge on any atom is 0.416 e. The highest BCUT2D eigenvalue weighted by Crippen LogP contribution is 2.35. The van der Waals surface area contributed by atoms with Gasteiger partial charge < -0.3 is 5.32 Å². The molecule has 0 unspecified atom stereocenters. The quantitative estimate of drug-likeness (QED) is 0.854. The van der Waals surface area contributed by atoms with Gasteiger partial charge in [-0.25, -0.2) is 0 Å². The third kappa shape index (κ3) is 4.69. The van der Waals surface area contributed by atoms with E-state index in [-0.39, 0.29) is 11.9 Å². The van der Waals surface area contributed by atoms with Gasteiger partial charge in [0.2, 0.25) is 5.91 Å². The summed E-state index contributed by atoms with van der Waals surface area (Å²) in [5.41, 5.74) is 2.81. The summed E-state index contributed by atoms with van der Waals surface area (Å²) in [6.45, 7) is 5.22. The fourth-order valence-corrected chi connectivity index (χ4v) is 3.63. The Bertz CT molecular complexity index is 815. The maximum absolute atomic E-state index is 13.2. The van der Waals surface area contributed by atoms with Crippen LogP contribution in [0.3, 0.4) is 0 Å². The monoisotopic (exact) mass is 376 g/mol. The van der Waals surface area contributed by atoms with Gasteiger partial charge in [0.25, 0.3) is 0 Å². The van der Waals surface area contributed by atoms with Gasteiger partial charge in [-0.15, -0.1) is 0 Å².